The van der Waals surface area contributed by atoms with Crippen LogP contribution < -0.4 is 10.0 Å². The van der Waals surface area contributed by atoms with Gasteiger partial charge in [-0.2, -0.15) is 0 Å². The van der Waals surface area contributed by atoms with E-state index >= 15 is 0 Å². The Labute approximate surface area is 135 Å². The zero-order chi connectivity index (χ0) is 16.5. The van der Waals surface area contributed by atoms with Crippen molar-refractivity contribution in [1.82, 2.24) is 0 Å². The number of nitrogens with one attached hydrogen (secondary N) is 2. The van der Waals surface area contributed by atoms with Crippen LogP contribution in [0.15, 0.2) is 54.6 Å². The number of amides is 1. The van der Waals surface area contributed by atoms with Crippen LogP contribution in [0.5, 0.6) is 0 Å². The van der Waals surface area contributed by atoms with Gasteiger partial charge in [0.1, 0.15) is 0 Å². The minimum atomic E-state index is -3.30. The van der Waals surface area contributed by atoms with Gasteiger partial charge in [-0.05, 0) is 42.7 Å². The Morgan fingerprint density at radius 3 is 2.04 bits per heavy atom. The average molecular weight is 330 g/mol. The normalized spacial score (nSPS) is 15.7. The summed E-state index contributed by atoms with van der Waals surface area (Å²) in [6.07, 6.45) is 2.78. The largest absolute Gasteiger partial charge is 0.325 e. The number of hydrogen-bond acceptors (Lipinski definition) is 3. The number of carbonyl (C=O) groups excluding carboxylic acids is 1. The van der Waals surface area contributed by atoms with Gasteiger partial charge in [0.2, 0.25) is 15.9 Å². The summed E-state index contributed by atoms with van der Waals surface area (Å²) >= 11 is 0. The second kappa shape index (κ2) is 5.70. The maximum Gasteiger partial charge on any atom is 0.235 e. The van der Waals surface area contributed by atoms with Crippen LogP contribution in [0, 0.1) is 0 Å². The molecule has 2 aromatic rings. The number of carbonyl (C=O) groups is 1. The van der Waals surface area contributed by atoms with Crippen molar-refractivity contribution in [3.05, 3.63) is 60.2 Å². The second-order valence-electron chi connectivity index (χ2n) is 5.85. The van der Waals surface area contributed by atoms with Crippen LogP contribution in [0.2, 0.25) is 0 Å². The minimum absolute atomic E-state index is 0.0208. The van der Waals surface area contributed by atoms with Crippen LogP contribution in [0.4, 0.5) is 11.4 Å². The lowest BCUT2D eigenvalue weighted by Gasteiger charge is -2.16. The van der Waals surface area contributed by atoms with Crippen molar-refractivity contribution in [3.63, 3.8) is 0 Å². The molecule has 0 bridgehead atoms. The summed E-state index contributed by atoms with van der Waals surface area (Å²) in [5.74, 6) is -0.0208. The summed E-state index contributed by atoms with van der Waals surface area (Å²) in [4.78, 5) is 12.6. The van der Waals surface area contributed by atoms with Gasteiger partial charge in [-0.3, -0.25) is 9.52 Å². The molecule has 5 nitrogen and oxygen atoms in total. The molecule has 0 radical (unpaired) electrons. The van der Waals surface area contributed by atoms with Crippen molar-refractivity contribution >= 4 is 27.3 Å². The van der Waals surface area contributed by atoms with Crippen LogP contribution in [-0.2, 0) is 20.2 Å². The van der Waals surface area contributed by atoms with Crippen molar-refractivity contribution in [2.75, 3.05) is 16.3 Å². The Morgan fingerprint density at radius 2 is 1.52 bits per heavy atom. The van der Waals surface area contributed by atoms with Crippen LogP contribution >= 0.6 is 0 Å². The summed E-state index contributed by atoms with van der Waals surface area (Å²) in [5.41, 5.74) is 1.73. The summed E-state index contributed by atoms with van der Waals surface area (Å²) in [7, 11) is -3.30. The molecule has 1 aliphatic rings. The lowest BCUT2D eigenvalue weighted by molar-refractivity contribution is -0.118. The fourth-order valence-corrected chi connectivity index (χ4v) is 3.18. The molecule has 0 saturated heterocycles. The molecule has 0 atom stereocenters. The molecule has 0 heterocycles. The monoisotopic (exact) mass is 330 g/mol. The van der Waals surface area contributed by atoms with Gasteiger partial charge in [0.15, 0.2) is 0 Å². The van der Waals surface area contributed by atoms with Crippen molar-refractivity contribution in [3.8, 4) is 0 Å². The SMILES string of the molecule is CS(=O)(=O)Nc1ccc(NC(=O)C2(c3ccccc3)CC2)cc1. The van der Waals surface area contributed by atoms with Crippen LogP contribution in [-0.4, -0.2) is 20.6 Å². The molecule has 0 aromatic heterocycles. The molecule has 1 saturated carbocycles. The lowest BCUT2D eigenvalue weighted by atomic mass is 9.95. The Hall–Kier alpha value is -2.34. The second-order valence-corrected chi connectivity index (χ2v) is 7.60. The summed E-state index contributed by atoms with van der Waals surface area (Å²) in [5, 5.41) is 2.92. The van der Waals surface area contributed by atoms with E-state index in [0.717, 1.165) is 24.7 Å². The van der Waals surface area contributed by atoms with Gasteiger partial charge in [0.05, 0.1) is 11.7 Å². The predicted octanol–water partition coefficient (Wildman–Crippen LogP) is 2.73. The molecular formula is C17H18N2O3S. The standard InChI is InChI=1S/C17H18N2O3S/c1-23(21,22)19-15-9-7-14(8-10-15)18-16(20)17(11-12-17)13-5-3-2-4-6-13/h2-10,19H,11-12H2,1H3,(H,18,20). The summed E-state index contributed by atoms with van der Waals surface area (Å²) < 4.78 is 24.7. The van der Waals surface area contributed by atoms with Crippen molar-refractivity contribution in [1.29, 1.82) is 0 Å². The fraction of sp³-hybridized carbons (Fsp3) is 0.235. The Balaban J connectivity index is 1.71. The highest BCUT2D eigenvalue weighted by Gasteiger charge is 2.51. The number of hydrogen-bond donors (Lipinski definition) is 2. The van der Waals surface area contributed by atoms with Crippen molar-refractivity contribution in [2.45, 2.75) is 18.3 Å². The minimum Gasteiger partial charge on any atom is -0.325 e. The number of benzene rings is 2. The van der Waals surface area contributed by atoms with Gasteiger partial charge in [0, 0.05) is 11.4 Å². The van der Waals surface area contributed by atoms with Gasteiger partial charge >= 0.3 is 0 Å². The first-order valence-electron chi connectivity index (χ1n) is 7.34. The first-order chi connectivity index (χ1) is 10.9. The molecule has 0 spiro atoms. The number of anilines is 2. The topological polar surface area (TPSA) is 75.3 Å². The van der Waals surface area contributed by atoms with E-state index in [4.69, 9.17) is 0 Å². The van der Waals surface area contributed by atoms with Gasteiger partial charge in [-0.15, -0.1) is 0 Å². The van der Waals surface area contributed by atoms with E-state index in [9.17, 15) is 13.2 Å². The van der Waals surface area contributed by atoms with Gasteiger partial charge < -0.3 is 5.32 Å². The van der Waals surface area contributed by atoms with Crippen LogP contribution in [0.25, 0.3) is 0 Å². The van der Waals surface area contributed by atoms with Gasteiger partial charge in [-0.25, -0.2) is 8.42 Å². The van der Waals surface area contributed by atoms with E-state index in [1.54, 1.807) is 24.3 Å². The van der Waals surface area contributed by atoms with E-state index in [2.05, 4.69) is 10.0 Å². The molecule has 0 unspecified atom stereocenters. The molecule has 3 rings (SSSR count). The lowest BCUT2D eigenvalue weighted by Crippen LogP contribution is -2.27. The Bertz CT molecular complexity index is 811. The molecule has 1 fully saturated rings. The third-order valence-electron chi connectivity index (χ3n) is 3.96. The highest BCUT2D eigenvalue weighted by molar-refractivity contribution is 7.92. The maximum atomic E-state index is 12.6. The van der Waals surface area contributed by atoms with E-state index < -0.39 is 15.4 Å². The molecule has 0 aliphatic heterocycles. The molecule has 6 heteroatoms. The van der Waals surface area contributed by atoms with E-state index in [-0.39, 0.29) is 5.91 Å². The van der Waals surface area contributed by atoms with Gasteiger partial charge in [-0.1, -0.05) is 30.3 Å². The predicted molar refractivity (Wildman–Crippen MR) is 90.9 cm³/mol. The number of rotatable bonds is 5. The Kier molecular flexibility index (Phi) is 3.85. The highest BCUT2D eigenvalue weighted by Crippen LogP contribution is 2.48. The quantitative estimate of drug-likeness (QED) is 0.885. The third kappa shape index (κ3) is 3.53. The first-order valence-corrected chi connectivity index (χ1v) is 9.23. The Morgan fingerprint density at radius 1 is 0.957 bits per heavy atom. The molecule has 120 valence electrons. The smallest absolute Gasteiger partial charge is 0.235 e. The highest BCUT2D eigenvalue weighted by atomic mass is 32.2. The zero-order valence-electron chi connectivity index (χ0n) is 12.7. The van der Waals surface area contributed by atoms with E-state index in [1.165, 1.54) is 0 Å². The molecule has 2 aromatic carbocycles. The zero-order valence-corrected chi connectivity index (χ0v) is 13.6. The van der Waals surface area contributed by atoms with Crippen molar-refractivity contribution in [2.24, 2.45) is 0 Å². The maximum absolute atomic E-state index is 12.6. The van der Waals surface area contributed by atoms with Crippen LogP contribution in [0.3, 0.4) is 0 Å². The van der Waals surface area contributed by atoms with Crippen LogP contribution in [0.1, 0.15) is 18.4 Å². The molecule has 2 N–H and O–H groups in total. The fourth-order valence-electron chi connectivity index (χ4n) is 2.62. The molecular weight excluding hydrogens is 312 g/mol. The molecule has 23 heavy (non-hydrogen) atoms. The first kappa shape index (κ1) is 15.6. The van der Waals surface area contributed by atoms with Crippen molar-refractivity contribution < 1.29 is 13.2 Å². The number of sulfonamides is 1. The third-order valence-corrected chi connectivity index (χ3v) is 4.56. The van der Waals surface area contributed by atoms with E-state index in [0.29, 0.717) is 11.4 Å². The molecule has 1 aliphatic carbocycles. The van der Waals surface area contributed by atoms with Gasteiger partial charge in [0.25, 0.3) is 0 Å². The summed E-state index contributed by atoms with van der Waals surface area (Å²) in [6.45, 7) is 0. The van der Waals surface area contributed by atoms with E-state index in [1.807, 2.05) is 30.3 Å². The average Bonchev–Trinajstić information content (AvgIpc) is 3.30. The molecule has 1 amide bonds. The summed E-state index contributed by atoms with van der Waals surface area (Å²) in [6, 6.07) is 16.4.